The van der Waals surface area contributed by atoms with Crippen molar-refractivity contribution in [3.8, 4) is 0 Å². The average Bonchev–Trinajstić information content (AvgIpc) is 2.56. The number of carbonyl (C=O) groups is 2. The molecule has 1 aromatic rings. The van der Waals surface area contributed by atoms with Crippen LogP contribution in [0.25, 0.3) is 10.4 Å². The summed E-state index contributed by atoms with van der Waals surface area (Å²) in [5, 5.41) is 6.94. The molecule has 0 aliphatic carbocycles. The van der Waals surface area contributed by atoms with Gasteiger partial charge in [0, 0.05) is 18.0 Å². The van der Waals surface area contributed by atoms with E-state index in [0.29, 0.717) is 0 Å². The standard InChI is InChI=1S/C13H11F4N5O2/c1-2-6(23)19-4-3-5-20-13(24)7-8(14)10(16)12(21-22-18)11(17)9(7)15/h2H,1,3-5H2,(H,19,23)(H,20,24). The topological polar surface area (TPSA) is 107 Å². The fraction of sp³-hybridized carbons (Fsp3) is 0.231. The van der Waals surface area contributed by atoms with Crippen LogP contribution in [0.15, 0.2) is 17.8 Å². The maximum atomic E-state index is 13.7. The van der Waals surface area contributed by atoms with Crippen molar-refractivity contribution in [2.45, 2.75) is 6.42 Å². The van der Waals surface area contributed by atoms with Gasteiger partial charge in [-0.15, -0.1) is 0 Å². The molecule has 2 N–H and O–H groups in total. The molecule has 0 saturated carbocycles. The zero-order chi connectivity index (χ0) is 18.3. The largest absolute Gasteiger partial charge is 0.353 e. The fourth-order valence-electron chi connectivity index (χ4n) is 1.61. The number of nitrogens with zero attached hydrogens (tertiary/aromatic N) is 3. The fourth-order valence-corrected chi connectivity index (χ4v) is 1.61. The monoisotopic (exact) mass is 345 g/mol. The SMILES string of the molecule is C=CC(=O)NCCCNC(=O)c1c(F)c(F)c(N=[N+]=[N-])c(F)c1F. The van der Waals surface area contributed by atoms with E-state index in [2.05, 4.69) is 17.0 Å². The summed E-state index contributed by atoms with van der Waals surface area (Å²) in [6, 6.07) is 0. The van der Waals surface area contributed by atoms with Crippen molar-refractivity contribution in [1.29, 1.82) is 0 Å². The molecule has 0 atom stereocenters. The Morgan fingerprint density at radius 1 is 1.08 bits per heavy atom. The van der Waals surface area contributed by atoms with Crippen LogP contribution in [0, 0.1) is 23.3 Å². The summed E-state index contributed by atoms with van der Waals surface area (Å²) in [6.07, 6.45) is 1.22. The van der Waals surface area contributed by atoms with E-state index in [9.17, 15) is 27.2 Å². The second kappa shape index (κ2) is 8.53. The minimum Gasteiger partial charge on any atom is -0.353 e. The molecule has 11 heteroatoms. The summed E-state index contributed by atoms with van der Waals surface area (Å²) in [5.41, 5.74) is 5.14. The number of azide groups is 1. The predicted octanol–water partition coefficient (Wildman–Crippen LogP) is 2.61. The van der Waals surface area contributed by atoms with E-state index in [4.69, 9.17) is 5.53 Å². The number of carbonyl (C=O) groups excluding carboxylic acids is 2. The number of benzene rings is 1. The number of rotatable bonds is 7. The van der Waals surface area contributed by atoms with Gasteiger partial charge in [0.25, 0.3) is 5.91 Å². The van der Waals surface area contributed by atoms with Crippen LogP contribution >= 0.6 is 0 Å². The number of hydrogen-bond acceptors (Lipinski definition) is 3. The molecule has 1 aromatic carbocycles. The highest BCUT2D eigenvalue weighted by molar-refractivity contribution is 5.95. The van der Waals surface area contributed by atoms with Crippen LogP contribution in [0.1, 0.15) is 16.8 Å². The maximum absolute atomic E-state index is 13.7. The normalized spacial score (nSPS) is 9.83. The minimum absolute atomic E-state index is 0.128. The number of hydrogen-bond donors (Lipinski definition) is 2. The van der Waals surface area contributed by atoms with E-state index in [0.717, 1.165) is 6.08 Å². The molecule has 24 heavy (non-hydrogen) atoms. The Morgan fingerprint density at radius 3 is 2.12 bits per heavy atom. The Morgan fingerprint density at radius 2 is 1.62 bits per heavy atom. The second-order valence-electron chi connectivity index (χ2n) is 4.27. The minimum atomic E-state index is -1.98. The van der Waals surface area contributed by atoms with Crippen molar-refractivity contribution >= 4 is 17.5 Å². The van der Waals surface area contributed by atoms with Gasteiger partial charge in [-0.3, -0.25) is 9.59 Å². The summed E-state index contributed by atoms with van der Waals surface area (Å²) in [6.45, 7) is 3.22. The maximum Gasteiger partial charge on any atom is 0.257 e. The number of amides is 2. The molecule has 0 aromatic heterocycles. The van der Waals surface area contributed by atoms with Gasteiger partial charge in [0.15, 0.2) is 23.3 Å². The quantitative estimate of drug-likeness (QED) is 0.151. The lowest BCUT2D eigenvalue weighted by molar-refractivity contribution is -0.116. The molecule has 128 valence electrons. The molecule has 0 aliphatic rings. The van der Waals surface area contributed by atoms with Gasteiger partial charge in [-0.25, -0.2) is 17.6 Å². The Hall–Kier alpha value is -3.07. The third-order valence-electron chi connectivity index (χ3n) is 2.74. The van der Waals surface area contributed by atoms with Gasteiger partial charge in [0.2, 0.25) is 5.91 Å². The van der Waals surface area contributed by atoms with Crippen LogP contribution in [0.3, 0.4) is 0 Å². The summed E-state index contributed by atoms with van der Waals surface area (Å²) in [5.74, 6) is -9.76. The lowest BCUT2D eigenvalue weighted by atomic mass is 10.1. The third kappa shape index (κ3) is 4.23. The first-order valence-electron chi connectivity index (χ1n) is 6.44. The molecule has 7 nitrogen and oxygen atoms in total. The highest BCUT2D eigenvalue weighted by Crippen LogP contribution is 2.30. The van der Waals surface area contributed by atoms with Crippen LogP contribution in [0.4, 0.5) is 23.2 Å². The Bertz CT molecular complexity index is 703. The lowest BCUT2D eigenvalue weighted by Crippen LogP contribution is -2.30. The summed E-state index contributed by atoms with van der Waals surface area (Å²) >= 11 is 0. The molecule has 0 spiro atoms. The van der Waals surface area contributed by atoms with Crippen molar-refractivity contribution in [2.75, 3.05) is 13.1 Å². The molecule has 0 saturated heterocycles. The number of nitrogens with one attached hydrogen (secondary N) is 2. The predicted molar refractivity (Wildman–Crippen MR) is 75.2 cm³/mol. The van der Waals surface area contributed by atoms with Crippen molar-refractivity contribution in [1.82, 2.24) is 10.6 Å². The van der Waals surface area contributed by atoms with E-state index in [1.165, 1.54) is 0 Å². The van der Waals surface area contributed by atoms with Crippen LogP contribution in [-0.4, -0.2) is 24.9 Å². The zero-order valence-electron chi connectivity index (χ0n) is 12.1. The summed E-state index contributed by atoms with van der Waals surface area (Å²) in [4.78, 5) is 24.6. The van der Waals surface area contributed by atoms with Gasteiger partial charge >= 0.3 is 0 Å². The van der Waals surface area contributed by atoms with E-state index in [1.54, 1.807) is 0 Å². The molecule has 0 fully saturated rings. The summed E-state index contributed by atoms with van der Waals surface area (Å²) in [7, 11) is 0. The Balaban J connectivity index is 2.86. The van der Waals surface area contributed by atoms with E-state index >= 15 is 0 Å². The van der Waals surface area contributed by atoms with Gasteiger partial charge in [-0.1, -0.05) is 11.7 Å². The van der Waals surface area contributed by atoms with Crippen LogP contribution in [0.5, 0.6) is 0 Å². The molecule has 1 rings (SSSR count). The van der Waals surface area contributed by atoms with Crippen molar-refractivity contribution in [2.24, 2.45) is 5.11 Å². The molecule has 0 heterocycles. The zero-order valence-corrected chi connectivity index (χ0v) is 12.1. The average molecular weight is 345 g/mol. The van der Waals surface area contributed by atoms with E-state index in [1.807, 2.05) is 10.2 Å². The van der Waals surface area contributed by atoms with E-state index < -0.39 is 46.3 Å². The smallest absolute Gasteiger partial charge is 0.257 e. The lowest BCUT2D eigenvalue weighted by Gasteiger charge is -2.10. The van der Waals surface area contributed by atoms with Gasteiger partial charge in [0.05, 0.1) is 0 Å². The van der Waals surface area contributed by atoms with Crippen LogP contribution < -0.4 is 10.6 Å². The Labute approximate surface area is 133 Å². The molecule has 0 unspecified atom stereocenters. The third-order valence-corrected chi connectivity index (χ3v) is 2.74. The molecular weight excluding hydrogens is 334 g/mol. The molecule has 2 amide bonds. The molecule has 0 radical (unpaired) electrons. The van der Waals surface area contributed by atoms with Gasteiger partial charge in [-0.2, -0.15) is 0 Å². The Kier molecular flexibility index (Phi) is 6.75. The van der Waals surface area contributed by atoms with Crippen molar-refractivity contribution in [3.05, 3.63) is 51.9 Å². The molecule has 0 aliphatic heterocycles. The second-order valence-corrected chi connectivity index (χ2v) is 4.27. The van der Waals surface area contributed by atoms with Crippen molar-refractivity contribution in [3.63, 3.8) is 0 Å². The van der Waals surface area contributed by atoms with E-state index in [-0.39, 0.29) is 19.5 Å². The van der Waals surface area contributed by atoms with Gasteiger partial charge in [0.1, 0.15) is 11.3 Å². The first kappa shape index (κ1) is 19.0. The molecular formula is C13H11F4N5O2. The van der Waals surface area contributed by atoms with Gasteiger partial charge in [-0.05, 0) is 18.0 Å². The van der Waals surface area contributed by atoms with Gasteiger partial charge < -0.3 is 10.6 Å². The molecule has 0 bridgehead atoms. The first-order chi connectivity index (χ1) is 11.3. The number of halogens is 4. The first-order valence-corrected chi connectivity index (χ1v) is 6.44. The van der Waals surface area contributed by atoms with Crippen LogP contribution in [0.2, 0.25) is 0 Å². The highest BCUT2D eigenvalue weighted by atomic mass is 19.2. The highest BCUT2D eigenvalue weighted by Gasteiger charge is 2.28. The van der Waals surface area contributed by atoms with Crippen LogP contribution in [-0.2, 0) is 4.79 Å². The van der Waals surface area contributed by atoms with Crippen molar-refractivity contribution < 1.29 is 27.2 Å². The summed E-state index contributed by atoms with van der Waals surface area (Å²) < 4.78 is 54.5.